The van der Waals surface area contributed by atoms with Gasteiger partial charge in [0.25, 0.3) is 0 Å². The molecule has 0 aliphatic heterocycles. The summed E-state index contributed by atoms with van der Waals surface area (Å²) in [4.78, 5) is 27.5. The van der Waals surface area contributed by atoms with E-state index in [0.29, 0.717) is 28.6 Å². The van der Waals surface area contributed by atoms with Crippen molar-refractivity contribution in [3.8, 4) is 11.5 Å². The lowest BCUT2D eigenvalue weighted by Gasteiger charge is -2.15. The van der Waals surface area contributed by atoms with Gasteiger partial charge in [0, 0.05) is 43.2 Å². The van der Waals surface area contributed by atoms with Crippen LogP contribution >= 0.6 is 0 Å². The molecule has 0 radical (unpaired) electrons. The highest BCUT2D eigenvalue weighted by atomic mass is 16.5. The molecule has 0 spiro atoms. The van der Waals surface area contributed by atoms with Crippen molar-refractivity contribution in [2.75, 3.05) is 24.7 Å². The maximum absolute atomic E-state index is 12.7. The molecule has 0 atom stereocenters. The summed E-state index contributed by atoms with van der Waals surface area (Å²) in [7, 11) is 3.93. The molecule has 30 heavy (non-hydrogen) atoms. The van der Waals surface area contributed by atoms with Crippen LogP contribution in [0.15, 0.2) is 42.7 Å². The number of nitrogens with zero attached hydrogens (tertiary/aromatic N) is 4. The lowest BCUT2D eigenvalue weighted by molar-refractivity contribution is 0.0992. The molecule has 0 amide bonds. The zero-order valence-electron chi connectivity index (χ0n) is 18.0. The SMILES string of the molecule is Cc1ncc(Oc2cc(CC(=O)c3ccc(N(C)C)cc3)ncc2C(C)C)c(N)n1. The summed E-state index contributed by atoms with van der Waals surface area (Å²) in [6.45, 7) is 5.87. The molecule has 2 heterocycles. The fourth-order valence-electron chi connectivity index (χ4n) is 2.99. The summed E-state index contributed by atoms with van der Waals surface area (Å²) >= 11 is 0. The van der Waals surface area contributed by atoms with Crippen molar-refractivity contribution >= 4 is 17.3 Å². The number of carbonyl (C=O) groups is 1. The number of carbonyl (C=O) groups excluding carboxylic acids is 1. The van der Waals surface area contributed by atoms with Crippen LogP contribution in [-0.2, 0) is 6.42 Å². The van der Waals surface area contributed by atoms with Gasteiger partial charge in [0.1, 0.15) is 11.6 Å². The Morgan fingerprint density at radius 2 is 1.80 bits per heavy atom. The van der Waals surface area contributed by atoms with Gasteiger partial charge in [0.2, 0.25) is 0 Å². The second-order valence-electron chi connectivity index (χ2n) is 7.68. The van der Waals surface area contributed by atoms with Crippen LogP contribution in [0.3, 0.4) is 0 Å². The smallest absolute Gasteiger partial charge is 0.187 e. The molecule has 0 fully saturated rings. The molecule has 2 aromatic heterocycles. The number of ether oxygens (including phenoxy) is 1. The van der Waals surface area contributed by atoms with Crippen molar-refractivity contribution in [1.29, 1.82) is 0 Å². The monoisotopic (exact) mass is 405 g/mol. The van der Waals surface area contributed by atoms with Crippen LogP contribution in [0, 0.1) is 6.92 Å². The molecule has 156 valence electrons. The number of nitrogens with two attached hydrogens (primary N) is 1. The minimum atomic E-state index is -0.00534. The average molecular weight is 406 g/mol. The largest absolute Gasteiger partial charge is 0.451 e. The number of aryl methyl sites for hydroxylation is 1. The van der Waals surface area contributed by atoms with Crippen molar-refractivity contribution < 1.29 is 9.53 Å². The van der Waals surface area contributed by atoms with E-state index in [9.17, 15) is 4.79 Å². The van der Waals surface area contributed by atoms with E-state index in [1.807, 2.05) is 43.3 Å². The van der Waals surface area contributed by atoms with Crippen LogP contribution < -0.4 is 15.4 Å². The van der Waals surface area contributed by atoms with E-state index in [1.165, 1.54) is 0 Å². The van der Waals surface area contributed by atoms with Gasteiger partial charge in [0.15, 0.2) is 17.4 Å². The molecule has 2 N–H and O–H groups in total. The van der Waals surface area contributed by atoms with Crippen molar-refractivity contribution in [2.45, 2.75) is 33.1 Å². The molecular weight excluding hydrogens is 378 g/mol. The number of nitrogen functional groups attached to an aromatic ring is 1. The Labute approximate surface area is 176 Å². The van der Waals surface area contributed by atoms with Crippen LogP contribution in [0.4, 0.5) is 11.5 Å². The first-order valence-electron chi connectivity index (χ1n) is 9.81. The Hall–Kier alpha value is -3.48. The van der Waals surface area contributed by atoms with Crippen LogP contribution in [0.1, 0.15) is 47.2 Å². The molecule has 0 saturated heterocycles. The molecular formula is C23H27N5O2. The number of rotatable bonds is 7. The lowest BCUT2D eigenvalue weighted by Crippen LogP contribution is -2.10. The topological polar surface area (TPSA) is 94.2 Å². The first-order chi connectivity index (χ1) is 14.2. The molecule has 0 saturated carbocycles. The third kappa shape index (κ3) is 4.92. The van der Waals surface area contributed by atoms with Crippen LogP contribution in [0.5, 0.6) is 11.5 Å². The standard InChI is InChI=1S/C23H27N5O2/c1-14(2)19-12-26-17(10-20(29)16-6-8-18(9-7-16)28(4)5)11-21(19)30-22-13-25-15(3)27-23(22)24/h6-9,11-14H,10H2,1-5H3,(H2,24,25,27). The van der Waals surface area contributed by atoms with Gasteiger partial charge in [0.05, 0.1) is 18.3 Å². The zero-order chi connectivity index (χ0) is 21.8. The van der Waals surface area contributed by atoms with Gasteiger partial charge in [-0.15, -0.1) is 0 Å². The van der Waals surface area contributed by atoms with E-state index in [4.69, 9.17) is 10.5 Å². The summed E-state index contributed by atoms with van der Waals surface area (Å²) in [6.07, 6.45) is 3.48. The average Bonchev–Trinajstić information content (AvgIpc) is 2.70. The Bertz CT molecular complexity index is 1050. The number of hydrogen-bond donors (Lipinski definition) is 1. The molecule has 7 nitrogen and oxygen atoms in total. The molecule has 1 aromatic carbocycles. The van der Waals surface area contributed by atoms with E-state index in [0.717, 1.165) is 11.3 Å². The minimum Gasteiger partial charge on any atom is -0.451 e. The fraction of sp³-hybridized carbons (Fsp3) is 0.304. The van der Waals surface area contributed by atoms with Crippen LogP contribution in [-0.4, -0.2) is 34.8 Å². The van der Waals surface area contributed by atoms with Crippen molar-refractivity contribution in [2.24, 2.45) is 0 Å². The third-order valence-corrected chi connectivity index (χ3v) is 4.74. The molecule has 0 unspecified atom stereocenters. The zero-order valence-corrected chi connectivity index (χ0v) is 18.0. The summed E-state index contributed by atoms with van der Waals surface area (Å²) in [5, 5.41) is 0. The molecule has 0 bridgehead atoms. The maximum Gasteiger partial charge on any atom is 0.187 e. The number of anilines is 2. The maximum atomic E-state index is 12.7. The van der Waals surface area contributed by atoms with Crippen molar-refractivity contribution in [1.82, 2.24) is 15.0 Å². The van der Waals surface area contributed by atoms with E-state index in [-0.39, 0.29) is 23.9 Å². The van der Waals surface area contributed by atoms with Crippen molar-refractivity contribution in [3.63, 3.8) is 0 Å². The van der Waals surface area contributed by atoms with Gasteiger partial charge in [-0.25, -0.2) is 9.97 Å². The number of ketones is 1. The predicted molar refractivity (Wildman–Crippen MR) is 118 cm³/mol. The second kappa shape index (κ2) is 8.90. The molecule has 0 aliphatic carbocycles. The van der Waals surface area contributed by atoms with E-state index in [1.54, 1.807) is 25.4 Å². The first kappa shape index (κ1) is 21.2. The van der Waals surface area contributed by atoms with Crippen molar-refractivity contribution in [3.05, 3.63) is 65.4 Å². The summed E-state index contributed by atoms with van der Waals surface area (Å²) < 4.78 is 6.02. The van der Waals surface area contributed by atoms with Gasteiger partial charge >= 0.3 is 0 Å². The first-order valence-corrected chi connectivity index (χ1v) is 9.81. The Balaban J connectivity index is 1.85. The van der Waals surface area contributed by atoms with E-state index >= 15 is 0 Å². The molecule has 7 heteroatoms. The molecule has 3 aromatic rings. The number of benzene rings is 1. The highest BCUT2D eigenvalue weighted by Gasteiger charge is 2.16. The molecule has 0 aliphatic rings. The number of hydrogen-bond acceptors (Lipinski definition) is 7. The quantitative estimate of drug-likeness (QED) is 0.590. The number of aromatic nitrogens is 3. The van der Waals surface area contributed by atoms with Gasteiger partial charge in [-0.1, -0.05) is 13.8 Å². The van der Waals surface area contributed by atoms with Gasteiger partial charge in [-0.3, -0.25) is 9.78 Å². The summed E-state index contributed by atoms with van der Waals surface area (Å²) in [5.41, 5.74) is 9.21. The highest BCUT2D eigenvalue weighted by Crippen LogP contribution is 2.32. The lowest BCUT2D eigenvalue weighted by atomic mass is 10.0. The van der Waals surface area contributed by atoms with Gasteiger partial charge in [-0.2, -0.15) is 0 Å². The number of pyridine rings is 1. The highest BCUT2D eigenvalue weighted by molar-refractivity contribution is 5.97. The van der Waals surface area contributed by atoms with Crippen LogP contribution in [0.25, 0.3) is 0 Å². The minimum absolute atomic E-state index is 0.00534. The fourth-order valence-corrected chi connectivity index (χ4v) is 2.99. The summed E-state index contributed by atoms with van der Waals surface area (Å²) in [5.74, 6) is 2.01. The normalized spacial score (nSPS) is 10.9. The van der Waals surface area contributed by atoms with Crippen LogP contribution in [0.2, 0.25) is 0 Å². The number of Topliss-reactive ketones (excluding diaryl/α,β-unsaturated/α-hetero) is 1. The summed E-state index contributed by atoms with van der Waals surface area (Å²) in [6, 6.07) is 9.32. The Morgan fingerprint density at radius 3 is 2.40 bits per heavy atom. The predicted octanol–water partition coefficient (Wildman–Crippen LogP) is 4.17. The Kier molecular flexibility index (Phi) is 6.30. The van der Waals surface area contributed by atoms with Gasteiger partial charge in [-0.05, 0) is 37.1 Å². The van der Waals surface area contributed by atoms with E-state index in [2.05, 4.69) is 28.8 Å². The molecule has 3 rings (SSSR count). The Morgan fingerprint density at radius 1 is 1.10 bits per heavy atom. The third-order valence-electron chi connectivity index (χ3n) is 4.74. The second-order valence-corrected chi connectivity index (χ2v) is 7.68. The van der Waals surface area contributed by atoms with E-state index < -0.39 is 0 Å². The van der Waals surface area contributed by atoms with Gasteiger partial charge < -0.3 is 15.4 Å².